The summed E-state index contributed by atoms with van der Waals surface area (Å²) >= 11 is 0. The number of methoxy groups -OCH3 is 2. The molecule has 0 saturated carbocycles. The highest BCUT2D eigenvalue weighted by molar-refractivity contribution is 5.63. The molecule has 146 valence electrons. The lowest BCUT2D eigenvalue weighted by Gasteiger charge is -2.36. The Hall–Kier alpha value is -2.73. The highest BCUT2D eigenvalue weighted by Crippen LogP contribution is 2.56. The summed E-state index contributed by atoms with van der Waals surface area (Å²) in [7, 11) is 3.34. The van der Waals surface area contributed by atoms with Crippen LogP contribution in [-0.4, -0.2) is 43.1 Å². The first-order valence-electron chi connectivity index (χ1n) is 9.64. The zero-order valence-electron chi connectivity index (χ0n) is 16.1. The Morgan fingerprint density at radius 1 is 1.21 bits per heavy atom. The van der Waals surface area contributed by atoms with Crippen LogP contribution in [0.3, 0.4) is 0 Å². The lowest BCUT2D eigenvalue weighted by Crippen LogP contribution is -2.43. The largest absolute Gasteiger partial charge is 0.493 e. The van der Waals surface area contributed by atoms with Gasteiger partial charge in [0.25, 0.3) is 0 Å². The minimum Gasteiger partial charge on any atom is -0.493 e. The van der Waals surface area contributed by atoms with Crippen LogP contribution >= 0.6 is 0 Å². The molecule has 0 amide bonds. The number of hydrogen-bond donors (Lipinski definition) is 1. The van der Waals surface area contributed by atoms with Crippen LogP contribution < -0.4 is 19.1 Å². The third-order valence-electron chi connectivity index (χ3n) is 6.23. The third-order valence-corrected chi connectivity index (χ3v) is 6.23. The lowest BCUT2D eigenvalue weighted by molar-refractivity contribution is 0.0856. The van der Waals surface area contributed by atoms with Crippen LogP contribution in [0, 0.1) is 0 Å². The van der Waals surface area contributed by atoms with Crippen molar-refractivity contribution in [2.45, 2.75) is 37.0 Å². The van der Waals surface area contributed by atoms with Gasteiger partial charge in [-0.3, -0.25) is 0 Å². The summed E-state index contributed by atoms with van der Waals surface area (Å²) in [5.41, 5.74) is 2.14. The number of hydrogen-bond acceptors (Lipinski definition) is 6. The molecule has 5 rings (SSSR count). The van der Waals surface area contributed by atoms with Crippen LogP contribution in [-0.2, 0) is 12.0 Å². The van der Waals surface area contributed by atoms with Gasteiger partial charge in [-0.1, -0.05) is 18.2 Å². The number of rotatable bonds is 3. The minimum absolute atomic E-state index is 0.0943. The zero-order chi connectivity index (χ0) is 19.3. The second-order valence-electron chi connectivity index (χ2n) is 7.64. The molecule has 3 atom stereocenters. The maximum absolute atomic E-state index is 10.2. The molecule has 28 heavy (non-hydrogen) atoms. The molecule has 1 aromatic heterocycles. The second-order valence-corrected chi connectivity index (χ2v) is 7.64. The van der Waals surface area contributed by atoms with Crippen LogP contribution in [0.25, 0.3) is 0 Å². The molecular formula is C22H24N2O4. The predicted octanol–water partition coefficient (Wildman–Crippen LogP) is 2.83. The number of ether oxygens (including phenoxy) is 3. The van der Waals surface area contributed by atoms with Crippen LogP contribution in [0.5, 0.6) is 17.2 Å². The van der Waals surface area contributed by atoms with Crippen molar-refractivity contribution in [3.63, 3.8) is 0 Å². The van der Waals surface area contributed by atoms with Gasteiger partial charge in [-0.25, -0.2) is 4.98 Å². The fourth-order valence-corrected chi connectivity index (χ4v) is 4.90. The number of pyridine rings is 1. The SMILES string of the molecule is COc1cccnc1N1CC[C@@]23C=C[C@H](O)C[C@@H]2Oc2c(OC)ccc(c23)C1. The quantitative estimate of drug-likeness (QED) is 0.826. The van der Waals surface area contributed by atoms with E-state index in [2.05, 4.69) is 22.0 Å². The van der Waals surface area contributed by atoms with Crippen molar-refractivity contribution in [2.24, 2.45) is 0 Å². The molecule has 6 heteroatoms. The van der Waals surface area contributed by atoms with Crippen LogP contribution in [0.1, 0.15) is 24.0 Å². The van der Waals surface area contributed by atoms with E-state index in [1.165, 1.54) is 11.1 Å². The Labute approximate surface area is 164 Å². The van der Waals surface area contributed by atoms with E-state index in [0.29, 0.717) is 13.0 Å². The van der Waals surface area contributed by atoms with Gasteiger partial charge in [-0.15, -0.1) is 0 Å². The summed E-state index contributed by atoms with van der Waals surface area (Å²) in [6.07, 6.45) is 6.74. The van der Waals surface area contributed by atoms with Crippen LogP contribution in [0.2, 0.25) is 0 Å². The van der Waals surface area contributed by atoms with Crippen molar-refractivity contribution in [1.29, 1.82) is 0 Å². The molecule has 2 aromatic rings. The molecule has 6 nitrogen and oxygen atoms in total. The first-order chi connectivity index (χ1) is 13.7. The predicted molar refractivity (Wildman–Crippen MR) is 105 cm³/mol. The second kappa shape index (κ2) is 6.41. The first kappa shape index (κ1) is 17.4. The monoisotopic (exact) mass is 380 g/mol. The minimum atomic E-state index is -0.477. The number of nitrogens with zero attached hydrogens (tertiary/aromatic N) is 2. The molecule has 1 aliphatic carbocycles. The van der Waals surface area contributed by atoms with Crippen molar-refractivity contribution in [2.75, 3.05) is 25.7 Å². The molecule has 1 N–H and O–H groups in total. The summed E-state index contributed by atoms with van der Waals surface area (Å²) in [5, 5.41) is 10.2. The zero-order valence-corrected chi connectivity index (χ0v) is 16.1. The molecule has 1 spiro atoms. The molecule has 0 saturated heterocycles. The molecule has 0 unspecified atom stereocenters. The summed E-state index contributed by atoms with van der Waals surface area (Å²) < 4.78 is 17.5. The molecule has 3 aliphatic rings. The van der Waals surface area contributed by atoms with E-state index < -0.39 is 6.10 Å². The van der Waals surface area contributed by atoms with Gasteiger partial charge in [-0.2, -0.15) is 0 Å². The Kier molecular flexibility index (Phi) is 3.98. The van der Waals surface area contributed by atoms with Gasteiger partial charge < -0.3 is 24.2 Å². The van der Waals surface area contributed by atoms with Crippen molar-refractivity contribution in [3.05, 3.63) is 53.7 Å². The highest BCUT2D eigenvalue weighted by Gasteiger charge is 2.53. The normalized spacial score (nSPS) is 27.5. The highest BCUT2D eigenvalue weighted by atomic mass is 16.5. The van der Waals surface area contributed by atoms with Crippen LogP contribution in [0.15, 0.2) is 42.6 Å². The summed E-state index contributed by atoms with van der Waals surface area (Å²) in [4.78, 5) is 6.86. The van der Waals surface area contributed by atoms with Gasteiger partial charge in [-0.05, 0) is 30.2 Å². The van der Waals surface area contributed by atoms with Crippen LogP contribution in [0.4, 0.5) is 5.82 Å². The van der Waals surface area contributed by atoms with Crippen molar-refractivity contribution in [3.8, 4) is 17.2 Å². The molecule has 0 fully saturated rings. The lowest BCUT2D eigenvalue weighted by atomic mass is 9.69. The van der Waals surface area contributed by atoms with Crippen molar-refractivity contribution in [1.82, 2.24) is 4.98 Å². The van der Waals surface area contributed by atoms with Crippen molar-refractivity contribution >= 4 is 5.82 Å². The summed E-state index contributed by atoms with van der Waals surface area (Å²) in [6.45, 7) is 1.53. The van der Waals surface area contributed by atoms with Gasteiger partial charge in [0.1, 0.15) is 6.10 Å². The van der Waals surface area contributed by atoms with E-state index in [-0.39, 0.29) is 11.5 Å². The number of aliphatic hydroxyl groups excluding tert-OH is 1. The van der Waals surface area contributed by atoms with E-state index in [1.807, 2.05) is 24.3 Å². The molecule has 3 heterocycles. The number of benzene rings is 1. The van der Waals surface area contributed by atoms with E-state index in [1.54, 1.807) is 20.4 Å². The van der Waals surface area contributed by atoms with E-state index >= 15 is 0 Å². The van der Waals surface area contributed by atoms with Gasteiger partial charge in [0.2, 0.25) is 0 Å². The fraction of sp³-hybridized carbons (Fsp3) is 0.409. The van der Waals surface area contributed by atoms with Gasteiger partial charge in [0.05, 0.1) is 25.7 Å². The summed E-state index contributed by atoms with van der Waals surface area (Å²) in [5.74, 6) is 3.19. The topological polar surface area (TPSA) is 64.1 Å². The maximum atomic E-state index is 10.2. The Bertz CT molecular complexity index is 944. The number of anilines is 1. The van der Waals surface area contributed by atoms with E-state index in [0.717, 1.165) is 36.0 Å². The first-order valence-corrected chi connectivity index (χ1v) is 9.64. The molecule has 2 aliphatic heterocycles. The van der Waals surface area contributed by atoms with E-state index in [9.17, 15) is 5.11 Å². The Morgan fingerprint density at radius 3 is 2.89 bits per heavy atom. The maximum Gasteiger partial charge on any atom is 0.171 e. The average molecular weight is 380 g/mol. The molecule has 0 radical (unpaired) electrons. The third kappa shape index (κ3) is 2.41. The van der Waals surface area contributed by atoms with E-state index in [4.69, 9.17) is 14.2 Å². The summed E-state index contributed by atoms with van der Waals surface area (Å²) in [6, 6.07) is 7.92. The smallest absolute Gasteiger partial charge is 0.171 e. The molecule has 1 aromatic carbocycles. The van der Waals surface area contributed by atoms with Crippen molar-refractivity contribution < 1.29 is 19.3 Å². The van der Waals surface area contributed by atoms with Gasteiger partial charge in [0, 0.05) is 31.3 Å². The Balaban J connectivity index is 1.65. The molecule has 0 bridgehead atoms. The Morgan fingerprint density at radius 2 is 2.07 bits per heavy atom. The number of aromatic nitrogens is 1. The van der Waals surface area contributed by atoms with Gasteiger partial charge >= 0.3 is 0 Å². The number of aliphatic hydroxyl groups is 1. The average Bonchev–Trinajstić information content (AvgIpc) is 2.95. The fourth-order valence-electron chi connectivity index (χ4n) is 4.90. The molecular weight excluding hydrogens is 356 g/mol. The standard InChI is InChI=1S/C22H24N2O4/c1-26-16-6-5-14-13-24(21-17(27-2)4-3-10-23-21)11-9-22-8-7-15(25)12-18(22)28-20(16)19(14)22/h3-8,10,15,18,25H,9,11-13H2,1-2H3/t15-,18-,22-/m0/s1. The van der Waals surface area contributed by atoms with Gasteiger partial charge in [0.15, 0.2) is 23.1 Å².